The Morgan fingerprint density at radius 3 is 2.87 bits per heavy atom. The number of aromatic nitrogens is 2. The minimum Gasteiger partial charge on any atom is -0.320 e. The van der Waals surface area contributed by atoms with Crippen LogP contribution in [0, 0.1) is 6.92 Å². The molecule has 3 aromatic rings. The van der Waals surface area contributed by atoms with Gasteiger partial charge in [0.05, 0.1) is 5.52 Å². The van der Waals surface area contributed by atoms with E-state index in [1.165, 1.54) is 38.9 Å². The molecule has 3 nitrogen and oxygen atoms in total. The Bertz CT molecular complexity index is 888. The van der Waals surface area contributed by atoms with Gasteiger partial charge in [-0.15, -0.1) is 0 Å². The van der Waals surface area contributed by atoms with Crippen molar-refractivity contribution < 1.29 is 0 Å². The van der Waals surface area contributed by atoms with Crippen LogP contribution in [0.25, 0.3) is 22.7 Å². The van der Waals surface area contributed by atoms with Gasteiger partial charge in [-0.2, -0.15) is 0 Å². The van der Waals surface area contributed by atoms with E-state index >= 15 is 0 Å². The van der Waals surface area contributed by atoms with Crippen molar-refractivity contribution in [2.75, 3.05) is 6.54 Å². The fourth-order valence-electron chi connectivity index (χ4n) is 3.47. The molecule has 0 saturated heterocycles. The van der Waals surface area contributed by atoms with Crippen LogP contribution in [0.15, 0.2) is 42.7 Å². The summed E-state index contributed by atoms with van der Waals surface area (Å²) in [5.74, 6) is 0. The van der Waals surface area contributed by atoms with E-state index < -0.39 is 0 Å². The van der Waals surface area contributed by atoms with Gasteiger partial charge in [0.1, 0.15) is 0 Å². The first-order valence-corrected chi connectivity index (χ1v) is 8.16. The predicted octanol–water partition coefficient (Wildman–Crippen LogP) is 4.01. The van der Waals surface area contributed by atoms with E-state index in [2.05, 4.69) is 65.2 Å². The number of pyridine rings is 1. The van der Waals surface area contributed by atoms with Crippen LogP contribution in [0.4, 0.5) is 0 Å². The van der Waals surface area contributed by atoms with Crippen LogP contribution in [0.5, 0.6) is 0 Å². The van der Waals surface area contributed by atoms with Gasteiger partial charge in [-0.25, -0.2) is 0 Å². The second-order valence-corrected chi connectivity index (χ2v) is 6.29. The quantitative estimate of drug-likeness (QED) is 0.775. The minimum atomic E-state index is 0.963. The fourth-order valence-corrected chi connectivity index (χ4v) is 3.47. The van der Waals surface area contributed by atoms with Gasteiger partial charge in [0, 0.05) is 49.2 Å². The van der Waals surface area contributed by atoms with E-state index in [4.69, 9.17) is 0 Å². The largest absolute Gasteiger partial charge is 0.320 e. The monoisotopic (exact) mass is 303 g/mol. The smallest absolute Gasteiger partial charge is 0.0529 e. The van der Waals surface area contributed by atoms with E-state index in [1.54, 1.807) is 0 Å². The van der Waals surface area contributed by atoms with Gasteiger partial charge >= 0.3 is 0 Å². The highest BCUT2D eigenvalue weighted by atomic mass is 15.0. The maximum Gasteiger partial charge on any atom is 0.0529 e. The molecule has 0 radical (unpaired) electrons. The second kappa shape index (κ2) is 5.67. The number of fused-ring (bicyclic) bond motifs is 3. The Morgan fingerprint density at radius 1 is 1.22 bits per heavy atom. The van der Waals surface area contributed by atoms with E-state index in [1.807, 2.05) is 12.4 Å². The standard InChI is InChI=1S/C20H21N3/c1-14-3-4-19-17(11-14)18-12-22-10-7-20(18)23(19)13-15(2)16-5-8-21-9-6-16/h3-6,8-9,11,13,22H,7,10,12H2,1-2H3/b15-13+. The van der Waals surface area contributed by atoms with E-state index in [9.17, 15) is 0 Å². The zero-order valence-electron chi connectivity index (χ0n) is 13.6. The minimum absolute atomic E-state index is 0.963. The van der Waals surface area contributed by atoms with Gasteiger partial charge in [0.15, 0.2) is 0 Å². The van der Waals surface area contributed by atoms with Crippen molar-refractivity contribution in [1.82, 2.24) is 14.9 Å². The summed E-state index contributed by atoms with van der Waals surface area (Å²) in [6, 6.07) is 10.9. The Hall–Kier alpha value is -2.39. The van der Waals surface area contributed by atoms with Crippen LogP contribution < -0.4 is 5.32 Å². The third-order valence-corrected chi connectivity index (χ3v) is 4.67. The van der Waals surface area contributed by atoms with Crippen molar-refractivity contribution in [3.63, 3.8) is 0 Å². The topological polar surface area (TPSA) is 29.9 Å². The summed E-state index contributed by atoms with van der Waals surface area (Å²) in [5, 5.41) is 4.89. The summed E-state index contributed by atoms with van der Waals surface area (Å²) in [7, 11) is 0. The normalized spacial score (nSPS) is 15.0. The molecule has 0 unspecified atom stereocenters. The van der Waals surface area contributed by atoms with Gasteiger partial charge in [0.2, 0.25) is 0 Å². The Morgan fingerprint density at radius 2 is 2.04 bits per heavy atom. The first-order valence-electron chi connectivity index (χ1n) is 8.16. The summed E-state index contributed by atoms with van der Waals surface area (Å²) in [6.45, 7) is 6.34. The highest BCUT2D eigenvalue weighted by Gasteiger charge is 2.19. The summed E-state index contributed by atoms with van der Waals surface area (Å²) in [4.78, 5) is 4.11. The first-order chi connectivity index (χ1) is 11.2. The van der Waals surface area contributed by atoms with Crippen LogP contribution in [-0.2, 0) is 13.0 Å². The van der Waals surface area contributed by atoms with E-state index in [-0.39, 0.29) is 0 Å². The fraction of sp³-hybridized carbons (Fsp3) is 0.250. The molecule has 4 rings (SSSR count). The van der Waals surface area contributed by atoms with Gasteiger partial charge in [0.25, 0.3) is 0 Å². The maximum absolute atomic E-state index is 4.11. The van der Waals surface area contributed by atoms with Crippen molar-refractivity contribution in [2.24, 2.45) is 0 Å². The number of rotatable bonds is 2. The molecule has 0 bridgehead atoms. The summed E-state index contributed by atoms with van der Waals surface area (Å²) in [6.07, 6.45) is 7.05. The lowest BCUT2D eigenvalue weighted by Gasteiger charge is -2.15. The summed E-state index contributed by atoms with van der Waals surface area (Å²) < 4.78 is 2.39. The van der Waals surface area contributed by atoms with Crippen LogP contribution in [0.1, 0.15) is 29.3 Å². The number of aryl methyl sites for hydroxylation is 1. The molecule has 23 heavy (non-hydrogen) atoms. The molecule has 116 valence electrons. The van der Waals surface area contributed by atoms with Crippen molar-refractivity contribution in [1.29, 1.82) is 0 Å². The highest BCUT2D eigenvalue weighted by Crippen LogP contribution is 2.31. The Labute approximate surface area is 136 Å². The lowest BCUT2D eigenvalue weighted by atomic mass is 10.0. The third kappa shape index (κ3) is 2.47. The number of benzene rings is 1. The molecule has 1 aliphatic rings. The van der Waals surface area contributed by atoms with E-state index in [0.29, 0.717) is 0 Å². The predicted molar refractivity (Wildman–Crippen MR) is 96.2 cm³/mol. The molecule has 1 N–H and O–H groups in total. The Kier molecular flexibility index (Phi) is 3.50. The van der Waals surface area contributed by atoms with Gasteiger partial charge in [-0.1, -0.05) is 11.6 Å². The van der Waals surface area contributed by atoms with Crippen molar-refractivity contribution in [2.45, 2.75) is 26.8 Å². The number of hydrogen-bond donors (Lipinski definition) is 1. The first kappa shape index (κ1) is 14.2. The van der Waals surface area contributed by atoms with Gasteiger partial charge in [-0.05, 0) is 54.8 Å². The molecule has 1 aliphatic heterocycles. The SMILES string of the molecule is C/C(=C\n1c2c(c3cc(C)ccc31)CNCC2)c1ccncc1. The van der Waals surface area contributed by atoms with Crippen LogP contribution in [0.2, 0.25) is 0 Å². The molecular formula is C20H21N3. The molecule has 3 heteroatoms. The van der Waals surface area contributed by atoms with Crippen LogP contribution in [-0.4, -0.2) is 16.1 Å². The highest BCUT2D eigenvalue weighted by molar-refractivity contribution is 5.90. The molecule has 0 aliphatic carbocycles. The second-order valence-electron chi connectivity index (χ2n) is 6.29. The molecular weight excluding hydrogens is 282 g/mol. The van der Waals surface area contributed by atoms with Gasteiger partial charge < -0.3 is 9.88 Å². The molecule has 2 aromatic heterocycles. The molecule has 3 heterocycles. The Balaban J connectivity index is 1.93. The number of nitrogens with one attached hydrogen (secondary N) is 1. The molecule has 0 fully saturated rings. The van der Waals surface area contributed by atoms with Crippen LogP contribution >= 0.6 is 0 Å². The van der Waals surface area contributed by atoms with E-state index in [0.717, 1.165) is 19.5 Å². The van der Waals surface area contributed by atoms with Crippen molar-refractivity contribution >= 4 is 22.7 Å². The molecule has 0 atom stereocenters. The lowest BCUT2D eigenvalue weighted by molar-refractivity contribution is 0.634. The average molecular weight is 303 g/mol. The van der Waals surface area contributed by atoms with Crippen molar-refractivity contribution in [3.05, 3.63) is 65.1 Å². The average Bonchev–Trinajstić information content (AvgIpc) is 2.89. The molecule has 0 spiro atoms. The molecule has 0 amide bonds. The zero-order chi connectivity index (χ0) is 15.8. The zero-order valence-corrected chi connectivity index (χ0v) is 13.6. The number of allylic oxidation sites excluding steroid dienone is 1. The summed E-state index contributed by atoms with van der Waals surface area (Å²) >= 11 is 0. The molecule has 0 saturated carbocycles. The van der Waals surface area contributed by atoms with Gasteiger partial charge in [-0.3, -0.25) is 4.98 Å². The summed E-state index contributed by atoms with van der Waals surface area (Å²) in [5.41, 5.74) is 7.99. The third-order valence-electron chi connectivity index (χ3n) is 4.67. The molecule has 1 aromatic carbocycles. The van der Waals surface area contributed by atoms with Crippen LogP contribution in [0.3, 0.4) is 0 Å². The lowest BCUT2D eigenvalue weighted by Crippen LogP contribution is -2.24. The maximum atomic E-state index is 4.11. The van der Waals surface area contributed by atoms with Crippen molar-refractivity contribution in [3.8, 4) is 0 Å². The number of nitrogens with zero attached hydrogens (tertiary/aromatic N) is 2. The number of hydrogen-bond acceptors (Lipinski definition) is 2.